The Morgan fingerprint density at radius 1 is 1.29 bits per heavy atom. The van der Waals surface area contributed by atoms with Gasteiger partial charge in [-0.1, -0.05) is 23.7 Å². The second kappa shape index (κ2) is 7.26. The number of benzene rings is 2. The van der Waals surface area contributed by atoms with Crippen LogP contribution >= 0.6 is 11.6 Å². The molecule has 24 heavy (non-hydrogen) atoms. The number of aromatic hydroxyl groups is 1. The number of nitriles is 1. The molecule has 0 saturated carbocycles. The number of hydrogen-bond donors (Lipinski definition) is 2. The summed E-state index contributed by atoms with van der Waals surface area (Å²) in [6.45, 7) is 0. The quantitative estimate of drug-likeness (QED) is 0.381. The van der Waals surface area contributed by atoms with E-state index in [2.05, 4.69) is 5.32 Å². The summed E-state index contributed by atoms with van der Waals surface area (Å²) in [5.74, 6) is -0.644. The summed E-state index contributed by atoms with van der Waals surface area (Å²) >= 11 is 5.89. The zero-order valence-corrected chi connectivity index (χ0v) is 12.8. The molecular formula is C16H10ClN3O4. The minimum atomic E-state index is -0.707. The Kier molecular flexibility index (Phi) is 5.14. The summed E-state index contributed by atoms with van der Waals surface area (Å²) in [6.07, 6.45) is 1.34. The lowest BCUT2D eigenvalue weighted by molar-refractivity contribution is -0.384. The van der Waals surface area contributed by atoms with Crippen LogP contribution in [0.25, 0.3) is 6.08 Å². The van der Waals surface area contributed by atoms with Gasteiger partial charge in [0, 0.05) is 12.1 Å². The molecule has 7 nitrogen and oxygen atoms in total. The molecule has 2 rings (SSSR count). The second-order valence-electron chi connectivity index (χ2n) is 4.64. The van der Waals surface area contributed by atoms with Crippen molar-refractivity contribution in [3.05, 3.63) is 68.7 Å². The van der Waals surface area contributed by atoms with Crippen LogP contribution < -0.4 is 5.32 Å². The number of nitrogens with zero attached hydrogens (tertiary/aromatic N) is 2. The zero-order valence-electron chi connectivity index (χ0n) is 12.1. The fourth-order valence-electron chi connectivity index (χ4n) is 1.79. The number of phenols is 1. The average Bonchev–Trinajstić information content (AvgIpc) is 2.55. The molecule has 2 aromatic carbocycles. The first-order valence-electron chi connectivity index (χ1n) is 6.57. The molecule has 0 saturated heterocycles. The summed E-state index contributed by atoms with van der Waals surface area (Å²) in [4.78, 5) is 22.2. The van der Waals surface area contributed by atoms with E-state index >= 15 is 0 Å². The Labute approximate surface area is 141 Å². The number of carbonyl (C=O) groups excluding carboxylic acids is 1. The van der Waals surface area contributed by atoms with Crippen molar-refractivity contribution >= 4 is 35.0 Å². The molecule has 0 aliphatic rings. The van der Waals surface area contributed by atoms with Crippen molar-refractivity contribution in [3.8, 4) is 11.8 Å². The number of nitro groups is 1. The van der Waals surface area contributed by atoms with E-state index in [0.29, 0.717) is 5.56 Å². The molecule has 0 bridgehead atoms. The second-order valence-corrected chi connectivity index (χ2v) is 5.04. The van der Waals surface area contributed by atoms with Gasteiger partial charge in [0.25, 0.3) is 11.6 Å². The lowest BCUT2D eigenvalue weighted by atomic mass is 10.1. The molecule has 2 aromatic rings. The van der Waals surface area contributed by atoms with E-state index in [4.69, 9.17) is 16.9 Å². The van der Waals surface area contributed by atoms with E-state index in [9.17, 15) is 20.0 Å². The smallest absolute Gasteiger partial charge is 0.271 e. The molecule has 0 radical (unpaired) electrons. The van der Waals surface area contributed by atoms with Gasteiger partial charge in [-0.05, 0) is 29.8 Å². The van der Waals surface area contributed by atoms with E-state index in [1.807, 2.05) is 0 Å². The van der Waals surface area contributed by atoms with Crippen molar-refractivity contribution < 1.29 is 14.8 Å². The van der Waals surface area contributed by atoms with Gasteiger partial charge in [-0.15, -0.1) is 0 Å². The van der Waals surface area contributed by atoms with Gasteiger partial charge >= 0.3 is 0 Å². The van der Waals surface area contributed by atoms with Crippen LogP contribution in [0.5, 0.6) is 5.75 Å². The molecule has 0 aromatic heterocycles. The topological polar surface area (TPSA) is 116 Å². The van der Waals surface area contributed by atoms with Crippen molar-refractivity contribution in [2.75, 3.05) is 5.32 Å². The third kappa shape index (κ3) is 4.09. The Balaban J connectivity index is 2.22. The minimum absolute atomic E-state index is 0.0144. The third-order valence-corrected chi connectivity index (χ3v) is 3.29. The van der Waals surface area contributed by atoms with Crippen molar-refractivity contribution in [1.82, 2.24) is 0 Å². The van der Waals surface area contributed by atoms with Crippen LogP contribution in [-0.4, -0.2) is 15.9 Å². The molecule has 2 N–H and O–H groups in total. The maximum atomic E-state index is 12.1. The highest BCUT2D eigenvalue weighted by molar-refractivity contribution is 6.34. The molecule has 0 spiro atoms. The Morgan fingerprint density at radius 2 is 1.96 bits per heavy atom. The Morgan fingerprint density at radius 3 is 2.50 bits per heavy atom. The Bertz CT molecular complexity index is 870. The van der Waals surface area contributed by atoms with E-state index in [1.54, 1.807) is 18.2 Å². The van der Waals surface area contributed by atoms with Gasteiger partial charge in [0.15, 0.2) is 0 Å². The first-order chi connectivity index (χ1) is 11.4. The normalized spacial score (nSPS) is 10.8. The Hall–Kier alpha value is -3.37. The highest BCUT2D eigenvalue weighted by Crippen LogP contribution is 2.27. The zero-order chi connectivity index (χ0) is 17.7. The number of nitro benzene ring substituents is 1. The van der Waals surface area contributed by atoms with Crippen LogP contribution in [-0.2, 0) is 4.79 Å². The number of non-ortho nitro benzene ring substituents is 1. The van der Waals surface area contributed by atoms with E-state index in [1.165, 1.54) is 30.3 Å². The first kappa shape index (κ1) is 17.0. The molecule has 1 amide bonds. The number of anilines is 1. The fourth-order valence-corrected chi connectivity index (χ4v) is 2.02. The summed E-state index contributed by atoms with van der Waals surface area (Å²) < 4.78 is 0. The summed E-state index contributed by atoms with van der Waals surface area (Å²) in [7, 11) is 0. The number of phenolic OH excluding ortho intramolecular Hbond substituents is 1. The van der Waals surface area contributed by atoms with Gasteiger partial charge in [0.05, 0.1) is 15.6 Å². The summed E-state index contributed by atoms with van der Waals surface area (Å²) in [5.41, 5.74) is 0.307. The monoisotopic (exact) mass is 343 g/mol. The molecular weight excluding hydrogens is 334 g/mol. The molecule has 8 heteroatoms. The van der Waals surface area contributed by atoms with Crippen LogP contribution in [0.2, 0.25) is 5.02 Å². The fraction of sp³-hybridized carbons (Fsp3) is 0. The molecule has 120 valence electrons. The van der Waals surface area contributed by atoms with Gasteiger partial charge < -0.3 is 10.4 Å². The number of amides is 1. The lowest BCUT2D eigenvalue weighted by Crippen LogP contribution is -2.13. The van der Waals surface area contributed by atoms with E-state index < -0.39 is 10.8 Å². The SMILES string of the molecule is N#CC(=Cc1ccc(O)cc1)C(=O)Nc1ccc([N+](=O)[O-])cc1Cl. The van der Waals surface area contributed by atoms with Gasteiger partial charge in [-0.2, -0.15) is 5.26 Å². The maximum Gasteiger partial charge on any atom is 0.271 e. The van der Waals surface area contributed by atoms with Crippen molar-refractivity contribution in [3.63, 3.8) is 0 Å². The summed E-state index contributed by atoms with van der Waals surface area (Å²) in [5, 5.41) is 31.4. The van der Waals surface area contributed by atoms with Crippen LogP contribution in [0.3, 0.4) is 0 Å². The number of halogens is 1. The average molecular weight is 344 g/mol. The highest BCUT2D eigenvalue weighted by Gasteiger charge is 2.14. The number of carbonyl (C=O) groups is 1. The van der Waals surface area contributed by atoms with Crippen LogP contribution in [0.4, 0.5) is 11.4 Å². The van der Waals surface area contributed by atoms with Crippen molar-refractivity contribution in [1.29, 1.82) is 5.26 Å². The standard InChI is InChI=1S/C16H10ClN3O4/c17-14-8-12(20(23)24)3-6-15(14)19-16(22)11(9-18)7-10-1-4-13(21)5-2-10/h1-8,21H,(H,19,22). The van der Waals surface area contributed by atoms with Gasteiger partial charge in [-0.25, -0.2) is 0 Å². The van der Waals surface area contributed by atoms with Gasteiger partial charge in [-0.3, -0.25) is 14.9 Å². The van der Waals surface area contributed by atoms with Crippen molar-refractivity contribution in [2.45, 2.75) is 0 Å². The summed E-state index contributed by atoms with van der Waals surface area (Å²) in [6, 6.07) is 11.3. The van der Waals surface area contributed by atoms with E-state index in [0.717, 1.165) is 6.07 Å². The first-order valence-corrected chi connectivity index (χ1v) is 6.94. The molecule has 0 atom stereocenters. The predicted octanol–water partition coefficient (Wildman–Crippen LogP) is 3.50. The number of nitrogens with one attached hydrogen (secondary N) is 1. The largest absolute Gasteiger partial charge is 0.508 e. The highest BCUT2D eigenvalue weighted by atomic mass is 35.5. The predicted molar refractivity (Wildman–Crippen MR) is 88.4 cm³/mol. The minimum Gasteiger partial charge on any atom is -0.508 e. The number of hydrogen-bond acceptors (Lipinski definition) is 5. The van der Waals surface area contributed by atoms with Crippen LogP contribution in [0, 0.1) is 21.4 Å². The molecule has 0 unspecified atom stereocenters. The van der Waals surface area contributed by atoms with Gasteiger partial charge in [0.1, 0.15) is 17.4 Å². The van der Waals surface area contributed by atoms with Crippen LogP contribution in [0.1, 0.15) is 5.56 Å². The van der Waals surface area contributed by atoms with E-state index in [-0.39, 0.29) is 27.7 Å². The van der Waals surface area contributed by atoms with Crippen LogP contribution in [0.15, 0.2) is 48.0 Å². The molecule has 0 aliphatic carbocycles. The molecule has 0 heterocycles. The lowest BCUT2D eigenvalue weighted by Gasteiger charge is -2.06. The molecule has 0 aliphatic heterocycles. The molecule has 0 fully saturated rings. The maximum absolute atomic E-state index is 12.1. The number of rotatable bonds is 4. The van der Waals surface area contributed by atoms with Crippen molar-refractivity contribution in [2.24, 2.45) is 0 Å². The van der Waals surface area contributed by atoms with Gasteiger partial charge in [0.2, 0.25) is 0 Å². The third-order valence-electron chi connectivity index (χ3n) is 2.98.